The maximum absolute atomic E-state index is 14.6. The Bertz CT molecular complexity index is 2730. The summed E-state index contributed by atoms with van der Waals surface area (Å²) in [4.78, 5) is 33.9. The standard InChI is InChI=1S/C17H9ClF2N4O4.C9H6Cl2N2O.C8H4F2N2O3/c18-9-3-1-8(2-4-9)15-21-12(27-23-15)7-26-11-6-5-10(19)13(14(11)20)16-22-17(25)28-24-16;10-5-8-12-9(13-14-8)6-1-3-7(11)4-2-6;9-3-1-2-4(13)6(10)5(3)7-11-8(14)15-12-7/h1-6H,7H2,(H,22,24,25);1-4H,5H2;1-2,13H,(H,11,12,14). The molecule has 57 heavy (non-hydrogen) atoms. The van der Waals surface area contributed by atoms with Crippen molar-refractivity contribution in [3.05, 3.63) is 139 Å². The van der Waals surface area contributed by atoms with Crippen molar-refractivity contribution in [3.8, 4) is 57.1 Å². The van der Waals surface area contributed by atoms with E-state index >= 15 is 0 Å². The average molecular weight is 850 g/mol. The lowest BCUT2D eigenvalue weighted by Crippen LogP contribution is -2.02. The maximum atomic E-state index is 14.6. The third-order valence-corrected chi connectivity index (χ3v) is 7.82. The van der Waals surface area contributed by atoms with Gasteiger partial charge in [0, 0.05) is 21.2 Å². The third kappa shape index (κ3) is 9.73. The predicted octanol–water partition coefficient (Wildman–Crippen LogP) is 7.73. The van der Waals surface area contributed by atoms with E-state index in [1.807, 2.05) is 17.1 Å². The molecule has 0 saturated carbocycles. The summed E-state index contributed by atoms with van der Waals surface area (Å²) in [6.07, 6.45) is 0. The molecule has 4 aromatic carbocycles. The van der Waals surface area contributed by atoms with Crippen LogP contribution in [0, 0.1) is 23.3 Å². The van der Waals surface area contributed by atoms with E-state index in [9.17, 15) is 27.2 Å². The highest BCUT2D eigenvalue weighted by atomic mass is 35.5. The second kappa shape index (κ2) is 17.8. The number of H-pyrrole nitrogens is 2. The zero-order valence-electron chi connectivity index (χ0n) is 28.0. The molecular weight excluding hydrogens is 831 g/mol. The molecule has 23 heteroatoms. The van der Waals surface area contributed by atoms with Crippen LogP contribution >= 0.6 is 34.8 Å². The molecule has 292 valence electrons. The summed E-state index contributed by atoms with van der Waals surface area (Å²) < 4.78 is 78.6. The third-order valence-electron chi connectivity index (χ3n) is 7.09. The van der Waals surface area contributed by atoms with Crippen molar-refractivity contribution in [2.24, 2.45) is 0 Å². The zero-order chi connectivity index (χ0) is 40.6. The van der Waals surface area contributed by atoms with Crippen LogP contribution in [0.3, 0.4) is 0 Å². The predicted molar refractivity (Wildman–Crippen MR) is 190 cm³/mol. The Morgan fingerprint density at radius 3 is 1.56 bits per heavy atom. The minimum atomic E-state index is -1.21. The number of aromatic hydroxyl groups is 1. The molecule has 0 atom stereocenters. The molecule has 8 rings (SSSR count). The maximum Gasteiger partial charge on any atom is 0.439 e. The number of aromatic amines is 2. The van der Waals surface area contributed by atoms with Gasteiger partial charge >= 0.3 is 11.5 Å². The number of phenolic OH excluding ortho intramolecular Hbond substituents is 1. The number of benzene rings is 4. The van der Waals surface area contributed by atoms with E-state index in [4.69, 9.17) is 53.7 Å². The quantitative estimate of drug-likeness (QED) is 0.0983. The highest BCUT2D eigenvalue weighted by molar-refractivity contribution is 6.30. The Hall–Kier alpha value is -6.77. The van der Waals surface area contributed by atoms with Gasteiger partial charge < -0.3 is 18.9 Å². The van der Waals surface area contributed by atoms with Crippen molar-refractivity contribution in [2.45, 2.75) is 12.5 Å². The summed E-state index contributed by atoms with van der Waals surface area (Å²) >= 11 is 17.1. The van der Waals surface area contributed by atoms with Gasteiger partial charge in [0.05, 0.1) is 11.1 Å². The van der Waals surface area contributed by atoms with E-state index < -0.39 is 63.3 Å². The van der Waals surface area contributed by atoms with Crippen molar-refractivity contribution in [1.29, 1.82) is 0 Å². The first-order valence-corrected chi connectivity index (χ1v) is 16.8. The Balaban J connectivity index is 0.000000159. The Morgan fingerprint density at radius 1 is 0.614 bits per heavy atom. The lowest BCUT2D eigenvalue weighted by Gasteiger charge is -2.07. The summed E-state index contributed by atoms with van der Waals surface area (Å²) in [6, 6.07) is 17.7. The number of hydrogen-bond acceptors (Lipinski definition) is 14. The van der Waals surface area contributed by atoms with Gasteiger partial charge in [-0.25, -0.2) is 27.2 Å². The highest BCUT2D eigenvalue weighted by Crippen LogP contribution is 2.31. The Kier molecular flexibility index (Phi) is 12.5. The summed E-state index contributed by atoms with van der Waals surface area (Å²) in [7, 11) is 0. The molecule has 0 spiro atoms. The number of rotatable bonds is 8. The average Bonchev–Trinajstić information content (AvgIpc) is 4.04. The molecule has 0 aliphatic rings. The highest BCUT2D eigenvalue weighted by Gasteiger charge is 2.21. The van der Waals surface area contributed by atoms with Crippen LogP contribution in [0.5, 0.6) is 11.5 Å². The molecule has 4 heterocycles. The molecule has 0 bridgehead atoms. The van der Waals surface area contributed by atoms with Crippen molar-refractivity contribution >= 4 is 34.8 Å². The van der Waals surface area contributed by atoms with E-state index in [-0.39, 0.29) is 24.1 Å². The fraction of sp³-hybridized carbons (Fsp3) is 0.0588. The van der Waals surface area contributed by atoms with Crippen LogP contribution < -0.4 is 16.2 Å². The molecule has 3 N–H and O–H groups in total. The van der Waals surface area contributed by atoms with Gasteiger partial charge in [0.15, 0.2) is 41.4 Å². The molecule has 16 nitrogen and oxygen atoms in total. The second-order valence-electron chi connectivity index (χ2n) is 10.8. The molecule has 0 fully saturated rings. The molecule has 0 aliphatic carbocycles. The zero-order valence-corrected chi connectivity index (χ0v) is 30.2. The molecule has 0 amide bonds. The number of nitrogens with one attached hydrogen (secondary N) is 2. The Labute approximate surface area is 328 Å². The second-order valence-corrected chi connectivity index (χ2v) is 12.0. The molecule has 0 radical (unpaired) electrons. The number of aromatic nitrogens is 8. The van der Waals surface area contributed by atoms with Gasteiger partial charge in [-0.3, -0.25) is 19.0 Å². The van der Waals surface area contributed by atoms with Crippen molar-refractivity contribution in [1.82, 2.24) is 40.6 Å². The number of alkyl halides is 1. The van der Waals surface area contributed by atoms with Crippen LogP contribution in [0.2, 0.25) is 10.0 Å². The van der Waals surface area contributed by atoms with Crippen molar-refractivity contribution in [3.63, 3.8) is 0 Å². The fourth-order valence-corrected chi connectivity index (χ4v) is 4.85. The number of halogens is 7. The van der Waals surface area contributed by atoms with E-state index in [2.05, 4.69) is 44.6 Å². The van der Waals surface area contributed by atoms with Crippen LogP contribution in [-0.4, -0.2) is 45.7 Å². The number of hydrogen-bond donors (Lipinski definition) is 3. The Morgan fingerprint density at radius 2 is 1.09 bits per heavy atom. The minimum absolute atomic E-state index is 0.0741. The smallest absolute Gasteiger partial charge is 0.439 e. The summed E-state index contributed by atoms with van der Waals surface area (Å²) in [5.74, 6) is -6.38. The van der Waals surface area contributed by atoms with Gasteiger partial charge in [-0.15, -0.1) is 11.6 Å². The lowest BCUT2D eigenvalue weighted by atomic mass is 10.1. The largest absolute Gasteiger partial charge is 0.505 e. The van der Waals surface area contributed by atoms with Crippen LogP contribution in [0.1, 0.15) is 11.8 Å². The fourth-order valence-electron chi connectivity index (χ4n) is 4.49. The van der Waals surface area contributed by atoms with E-state index in [1.165, 1.54) is 0 Å². The van der Waals surface area contributed by atoms with E-state index in [1.54, 1.807) is 36.4 Å². The first-order chi connectivity index (χ1) is 27.4. The van der Waals surface area contributed by atoms with Gasteiger partial charge in [-0.2, -0.15) is 9.97 Å². The normalized spacial score (nSPS) is 10.7. The van der Waals surface area contributed by atoms with Crippen LogP contribution in [0.15, 0.2) is 100 Å². The van der Waals surface area contributed by atoms with Gasteiger partial charge in [-0.1, -0.05) is 43.8 Å². The minimum Gasteiger partial charge on any atom is -0.505 e. The molecule has 8 aromatic rings. The SMILES string of the molecule is ClCc1nc(-c2ccc(Cl)cc2)no1.O=c1[nH]c(-c2c(F)ccc(O)c2F)no1.O=c1[nH]c(-c2c(F)ccc(OCc3nc(-c4ccc(Cl)cc4)no3)c2F)no1. The first-order valence-electron chi connectivity index (χ1n) is 15.5. The monoisotopic (exact) mass is 848 g/mol. The van der Waals surface area contributed by atoms with Crippen LogP contribution in [-0.2, 0) is 12.5 Å². The van der Waals surface area contributed by atoms with Crippen molar-refractivity contribution < 1.29 is 45.5 Å². The first kappa shape index (κ1) is 39.9. The van der Waals surface area contributed by atoms with Gasteiger partial charge in [0.25, 0.3) is 5.89 Å². The molecule has 0 unspecified atom stereocenters. The van der Waals surface area contributed by atoms with Gasteiger partial charge in [0.1, 0.15) is 17.5 Å². The lowest BCUT2D eigenvalue weighted by molar-refractivity contribution is 0.234. The molecular formula is C34H19Cl3F4N8O8. The summed E-state index contributed by atoms with van der Waals surface area (Å²) in [5.41, 5.74) is 0.302. The van der Waals surface area contributed by atoms with Crippen LogP contribution in [0.25, 0.3) is 45.6 Å². The van der Waals surface area contributed by atoms with Gasteiger partial charge in [0.2, 0.25) is 17.5 Å². The van der Waals surface area contributed by atoms with Crippen LogP contribution in [0.4, 0.5) is 17.6 Å². The topological polar surface area (TPSA) is 225 Å². The number of phenols is 1. The molecule has 0 saturated heterocycles. The summed E-state index contributed by atoms with van der Waals surface area (Å²) in [6.45, 7) is -0.266. The van der Waals surface area contributed by atoms with Crippen molar-refractivity contribution in [2.75, 3.05) is 0 Å². The van der Waals surface area contributed by atoms with E-state index in [0.717, 1.165) is 29.8 Å². The molecule has 0 aliphatic heterocycles. The number of ether oxygens (including phenoxy) is 1. The summed E-state index contributed by atoms with van der Waals surface area (Å²) in [5, 5.41) is 24.2. The van der Waals surface area contributed by atoms with E-state index in [0.29, 0.717) is 33.1 Å². The van der Waals surface area contributed by atoms with Gasteiger partial charge in [-0.05, 0) is 72.8 Å². The number of nitrogens with zero attached hydrogens (tertiary/aromatic N) is 6. The molecule has 4 aromatic heterocycles.